The van der Waals surface area contributed by atoms with Gasteiger partial charge in [-0.1, -0.05) is 67.9 Å². The van der Waals surface area contributed by atoms with E-state index in [0.29, 0.717) is 11.5 Å². The summed E-state index contributed by atoms with van der Waals surface area (Å²) in [7, 11) is 0. The van der Waals surface area contributed by atoms with Crippen molar-refractivity contribution in [1.82, 2.24) is 15.5 Å². The van der Waals surface area contributed by atoms with Crippen LogP contribution in [0.2, 0.25) is 0 Å². The molecule has 1 aliphatic rings. The number of amides is 4. The molecule has 0 spiro atoms. The third-order valence-corrected chi connectivity index (χ3v) is 5.71. The monoisotopic (exact) mass is 421 g/mol. The number of carbonyl (C=O) groups excluding carboxylic acids is 3. The number of urea groups is 1. The Morgan fingerprint density at radius 2 is 1.65 bits per heavy atom. The zero-order valence-electron chi connectivity index (χ0n) is 18.9. The third-order valence-electron chi connectivity index (χ3n) is 5.71. The number of hydrogen-bond acceptors (Lipinski definition) is 3. The summed E-state index contributed by atoms with van der Waals surface area (Å²) in [6.07, 6.45) is 1.01. The second-order valence-corrected chi connectivity index (χ2v) is 8.94. The van der Waals surface area contributed by atoms with E-state index >= 15 is 0 Å². The van der Waals surface area contributed by atoms with Crippen LogP contribution in [0.3, 0.4) is 0 Å². The lowest BCUT2D eigenvalue weighted by molar-refractivity contribution is -0.135. The summed E-state index contributed by atoms with van der Waals surface area (Å²) in [5.74, 6) is -0.227. The van der Waals surface area contributed by atoms with Gasteiger partial charge in [0.2, 0.25) is 5.91 Å². The van der Waals surface area contributed by atoms with Gasteiger partial charge >= 0.3 is 6.03 Å². The van der Waals surface area contributed by atoms with E-state index in [9.17, 15) is 14.4 Å². The molecule has 1 aliphatic heterocycles. The Kier molecular flexibility index (Phi) is 6.48. The Morgan fingerprint density at radius 3 is 2.23 bits per heavy atom. The Bertz CT molecular complexity index is 967. The highest BCUT2D eigenvalue weighted by atomic mass is 16.2. The number of imide groups is 1. The standard InChI is InChI=1S/C25H31N3O3/c1-16(2)14-19-8-10-20(11-9-19)18(4)26-22(29)15-28-23(30)25(5,27-24(28)31)21-12-6-17(3)7-13-21/h6-13,16,18H,14-15H2,1-5H3,(H,26,29)(H,27,31). The molecule has 2 aromatic rings. The van der Waals surface area contributed by atoms with Gasteiger partial charge in [0, 0.05) is 0 Å². The second kappa shape index (κ2) is 8.92. The van der Waals surface area contributed by atoms with E-state index in [1.165, 1.54) is 5.56 Å². The molecule has 2 N–H and O–H groups in total. The molecule has 2 aromatic carbocycles. The summed E-state index contributed by atoms with van der Waals surface area (Å²) in [5.41, 5.74) is 2.80. The molecule has 0 aliphatic carbocycles. The number of hydrogen-bond donors (Lipinski definition) is 2. The molecule has 6 nitrogen and oxygen atoms in total. The van der Waals surface area contributed by atoms with Crippen LogP contribution in [0.5, 0.6) is 0 Å². The van der Waals surface area contributed by atoms with Crippen LogP contribution < -0.4 is 10.6 Å². The summed E-state index contributed by atoms with van der Waals surface area (Å²) in [6, 6.07) is 14.8. The number of nitrogens with zero attached hydrogens (tertiary/aromatic N) is 1. The van der Waals surface area contributed by atoms with E-state index in [1.54, 1.807) is 6.92 Å². The lowest BCUT2D eigenvalue weighted by Crippen LogP contribution is -2.43. The maximum Gasteiger partial charge on any atom is 0.325 e. The number of nitrogens with one attached hydrogen (secondary N) is 2. The average molecular weight is 422 g/mol. The Morgan fingerprint density at radius 1 is 1.03 bits per heavy atom. The fourth-order valence-corrected chi connectivity index (χ4v) is 3.85. The minimum absolute atomic E-state index is 0.232. The third kappa shape index (κ3) is 4.95. The first kappa shape index (κ1) is 22.5. The summed E-state index contributed by atoms with van der Waals surface area (Å²) in [4.78, 5) is 39.0. The van der Waals surface area contributed by atoms with E-state index in [1.807, 2.05) is 50.2 Å². The summed E-state index contributed by atoms with van der Waals surface area (Å²) < 4.78 is 0. The summed E-state index contributed by atoms with van der Waals surface area (Å²) in [6.45, 7) is 9.54. The van der Waals surface area contributed by atoms with Gasteiger partial charge in [0.1, 0.15) is 12.1 Å². The molecule has 164 valence electrons. The molecule has 6 heteroatoms. The molecular weight excluding hydrogens is 390 g/mol. The van der Waals surface area contributed by atoms with Crippen molar-refractivity contribution in [3.63, 3.8) is 0 Å². The normalized spacial score (nSPS) is 19.5. The van der Waals surface area contributed by atoms with Gasteiger partial charge in [-0.3, -0.25) is 14.5 Å². The Balaban J connectivity index is 1.64. The average Bonchev–Trinajstić information content (AvgIpc) is 2.92. The molecule has 0 bridgehead atoms. The van der Waals surface area contributed by atoms with Gasteiger partial charge in [-0.15, -0.1) is 0 Å². The van der Waals surface area contributed by atoms with Crippen LogP contribution in [0.4, 0.5) is 4.79 Å². The lowest BCUT2D eigenvalue weighted by Gasteiger charge is -2.22. The molecule has 1 heterocycles. The highest BCUT2D eigenvalue weighted by Gasteiger charge is 2.49. The first-order valence-corrected chi connectivity index (χ1v) is 10.7. The largest absolute Gasteiger partial charge is 0.348 e. The van der Waals surface area contributed by atoms with Crippen molar-refractivity contribution in [2.75, 3.05) is 6.54 Å². The molecule has 0 aromatic heterocycles. The first-order chi connectivity index (χ1) is 14.6. The van der Waals surface area contributed by atoms with Crippen molar-refractivity contribution < 1.29 is 14.4 Å². The van der Waals surface area contributed by atoms with Crippen LogP contribution in [0.25, 0.3) is 0 Å². The number of carbonyl (C=O) groups is 3. The van der Waals surface area contributed by atoms with E-state index in [4.69, 9.17) is 0 Å². The number of aryl methyl sites for hydroxylation is 1. The molecule has 0 radical (unpaired) electrons. The van der Waals surface area contributed by atoms with Crippen LogP contribution in [0.15, 0.2) is 48.5 Å². The smallest absolute Gasteiger partial charge is 0.325 e. The first-order valence-electron chi connectivity index (χ1n) is 10.7. The molecule has 31 heavy (non-hydrogen) atoms. The molecular formula is C25H31N3O3. The highest BCUT2D eigenvalue weighted by molar-refractivity contribution is 6.09. The van der Waals surface area contributed by atoms with Gasteiger partial charge in [0.25, 0.3) is 5.91 Å². The van der Waals surface area contributed by atoms with Crippen molar-refractivity contribution in [1.29, 1.82) is 0 Å². The van der Waals surface area contributed by atoms with Crippen molar-refractivity contribution in [3.8, 4) is 0 Å². The quantitative estimate of drug-likeness (QED) is 0.667. The molecule has 1 fully saturated rings. The predicted molar refractivity (Wildman–Crippen MR) is 120 cm³/mol. The van der Waals surface area contributed by atoms with E-state index in [0.717, 1.165) is 22.4 Å². The van der Waals surface area contributed by atoms with E-state index < -0.39 is 17.5 Å². The van der Waals surface area contributed by atoms with Crippen molar-refractivity contribution in [2.24, 2.45) is 5.92 Å². The minimum atomic E-state index is -1.18. The SMILES string of the molecule is Cc1ccc(C2(C)NC(=O)N(CC(=O)NC(C)c3ccc(CC(C)C)cc3)C2=O)cc1. The van der Waals surface area contributed by atoms with E-state index in [-0.39, 0.29) is 18.5 Å². The van der Waals surface area contributed by atoms with E-state index in [2.05, 4.69) is 36.6 Å². The summed E-state index contributed by atoms with van der Waals surface area (Å²) >= 11 is 0. The maximum absolute atomic E-state index is 13.0. The molecule has 2 atom stereocenters. The molecule has 2 unspecified atom stereocenters. The highest BCUT2D eigenvalue weighted by Crippen LogP contribution is 2.29. The second-order valence-electron chi connectivity index (χ2n) is 8.94. The molecule has 1 saturated heterocycles. The fraction of sp³-hybridized carbons (Fsp3) is 0.400. The zero-order chi connectivity index (χ0) is 22.8. The van der Waals surface area contributed by atoms with Gasteiger partial charge in [0.05, 0.1) is 6.04 Å². The van der Waals surface area contributed by atoms with Crippen LogP contribution in [-0.4, -0.2) is 29.3 Å². The Hall–Kier alpha value is -3.15. The molecule has 3 rings (SSSR count). The maximum atomic E-state index is 13.0. The van der Waals surface area contributed by atoms with Gasteiger partial charge < -0.3 is 10.6 Å². The van der Waals surface area contributed by atoms with Crippen molar-refractivity contribution in [3.05, 3.63) is 70.8 Å². The van der Waals surface area contributed by atoms with Gasteiger partial charge in [0.15, 0.2) is 0 Å². The fourth-order valence-electron chi connectivity index (χ4n) is 3.85. The van der Waals surface area contributed by atoms with Crippen molar-refractivity contribution in [2.45, 2.75) is 52.6 Å². The van der Waals surface area contributed by atoms with Crippen LogP contribution in [0.1, 0.15) is 56.0 Å². The van der Waals surface area contributed by atoms with Crippen molar-refractivity contribution >= 4 is 17.8 Å². The number of benzene rings is 2. The summed E-state index contributed by atoms with van der Waals surface area (Å²) in [5, 5.41) is 5.62. The van der Waals surface area contributed by atoms with Gasteiger partial charge in [-0.2, -0.15) is 0 Å². The topological polar surface area (TPSA) is 78.5 Å². The van der Waals surface area contributed by atoms with Crippen LogP contribution in [0, 0.1) is 12.8 Å². The zero-order valence-corrected chi connectivity index (χ0v) is 18.9. The van der Waals surface area contributed by atoms with Crippen LogP contribution >= 0.6 is 0 Å². The van der Waals surface area contributed by atoms with Gasteiger partial charge in [-0.25, -0.2) is 4.79 Å². The Labute approximate surface area is 184 Å². The van der Waals surface area contributed by atoms with Gasteiger partial charge in [-0.05, 0) is 49.8 Å². The predicted octanol–water partition coefficient (Wildman–Crippen LogP) is 3.84. The molecule has 0 saturated carbocycles. The van der Waals surface area contributed by atoms with Crippen LogP contribution in [-0.2, 0) is 21.5 Å². The number of rotatable bonds is 7. The molecule has 4 amide bonds. The lowest BCUT2D eigenvalue weighted by atomic mass is 9.91. The minimum Gasteiger partial charge on any atom is -0.348 e.